The van der Waals surface area contributed by atoms with Crippen LogP contribution in [0.2, 0.25) is 0 Å². The fraction of sp³-hybridized carbons (Fsp3) is 0.818. The van der Waals surface area contributed by atoms with Gasteiger partial charge in [0.05, 0.1) is 19.1 Å². The van der Waals surface area contributed by atoms with E-state index in [1.165, 1.54) is 4.90 Å². The van der Waals surface area contributed by atoms with Gasteiger partial charge in [0, 0.05) is 19.7 Å². The minimum Gasteiger partial charge on any atom is -0.481 e. The van der Waals surface area contributed by atoms with Crippen LogP contribution in [-0.2, 0) is 9.53 Å². The summed E-state index contributed by atoms with van der Waals surface area (Å²) in [5.74, 6) is -0.909. The van der Waals surface area contributed by atoms with E-state index in [-0.39, 0.29) is 24.5 Å². The van der Waals surface area contributed by atoms with E-state index in [1.807, 2.05) is 13.8 Å². The zero-order valence-corrected chi connectivity index (χ0v) is 10.9. The van der Waals surface area contributed by atoms with E-state index in [1.54, 1.807) is 14.0 Å². The largest absolute Gasteiger partial charge is 0.481 e. The van der Waals surface area contributed by atoms with E-state index >= 15 is 0 Å². The maximum atomic E-state index is 11.8. The van der Waals surface area contributed by atoms with Crippen LogP contribution < -0.4 is 5.32 Å². The topological polar surface area (TPSA) is 78.9 Å². The summed E-state index contributed by atoms with van der Waals surface area (Å²) in [4.78, 5) is 23.9. The van der Waals surface area contributed by atoms with Crippen LogP contribution in [0.5, 0.6) is 0 Å². The average molecular weight is 246 g/mol. The van der Waals surface area contributed by atoms with Crippen LogP contribution in [-0.4, -0.2) is 54.4 Å². The Balaban J connectivity index is 4.33. The van der Waals surface area contributed by atoms with E-state index < -0.39 is 5.97 Å². The number of carbonyl (C=O) groups excluding carboxylic acids is 1. The standard InChI is InChI=1S/C11H22N2O4/c1-5-13(9(3)6-10(14)15)11(16)12-8(2)7-17-4/h8-9H,5-7H2,1-4H3,(H,12,16)(H,14,15). The first-order valence-corrected chi connectivity index (χ1v) is 5.70. The Morgan fingerprint density at radius 2 is 2.00 bits per heavy atom. The Morgan fingerprint density at radius 1 is 1.41 bits per heavy atom. The van der Waals surface area contributed by atoms with Crippen molar-refractivity contribution in [1.82, 2.24) is 10.2 Å². The summed E-state index contributed by atoms with van der Waals surface area (Å²) in [6, 6.07) is -0.684. The van der Waals surface area contributed by atoms with Crippen LogP contribution in [0, 0.1) is 0 Å². The number of hydrogen-bond donors (Lipinski definition) is 2. The normalized spacial score (nSPS) is 13.9. The molecule has 0 heterocycles. The maximum absolute atomic E-state index is 11.8. The molecular formula is C11H22N2O4. The number of carboxylic acid groups (broad SMARTS) is 1. The summed E-state index contributed by atoms with van der Waals surface area (Å²) >= 11 is 0. The van der Waals surface area contributed by atoms with Gasteiger partial charge in [-0.1, -0.05) is 0 Å². The number of aliphatic carboxylic acids is 1. The zero-order chi connectivity index (χ0) is 13.4. The van der Waals surface area contributed by atoms with E-state index in [2.05, 4.69) is 5.32 Å². The van der Waals surface area contributed by atoms with Crippen molar-refractivity contribution in [3.05, 3.63) is 0 Å². The highest BCUT2D eigenvalue weighted by atomic mass is 16.5. The number of nitrogens with one attached hydrogen (secondary N) is 1. The molecule has 0 aromatic carbocycles. The van der Waals surface area contributed by atoms with Gasteiger partial charge in [-0.25, -0.2) is 4.79 Å². The van der Waals surface area contributed by atoms with Gasteiger partial charge in [-0.05, 0) is 20.8 Å². The van der Waals surface area contributed by atoms with Gasteiger partial charge in [0.1, 0.15) is 0 Å². The number of carboxylic acids is 1. The number of ether oxygens (including phenoxy) is 1. The number of carbonyl (C=O) groups is 2. The molecule has 0 spiro atoms. The molecule has 0 radical (unpaired) electrons. The van der Waals surface area contributed by atoms with Crippen molar-refractivity contribution in [2.24, 2.45) is 0 Å². The SMILES string of the molecule is CCN(C(=O)NC(C)COC)C(C)CC(=O)O. The second-order valence-corrected chi connectivity index (χ2v) is 4.04. The van der Waals surface area contributed by atoms with Crippen LogP contribution in [0.1, 0.15) is 27.2 Å². The van der Waals surface area contributed by atoms with Crippen molar-refractivity contribution in [2.75, 3.05) is 20.3 Å². The second kappa shape index (κ2) is 7.89. The molecule has 0 aromatic rings. The summed E-state index contributed by atoms with van der Waals surface area (Å²) in [6.07, 6.45) is -0.0556. The zero-order valence-electron chi connectivity index (χ0n) is 10.9. The molecule has 0 aliphatic rings. The minimum atomic E-state index is -0.909. The lowest BCUT2D eigenvalue weighted by Crippen LogP contribution is -2.49. The summed E-state index contributed by atoms with van der Waals surface area (Å²) in [6.45, 7) is 6.27. The molecule has 0 rings (SSSR count). The fourth-order valence-electron chi connectivity index (χ4n) is 1.60. The Kier molecular flexibility index (Phi) is 7.29. The summed E-state index contributed by atoms with van der Waals surface area (Å²) < 4.78 is 4.92. The molecule has 2 N–H and O–H groups in total. The Hall–Kier alpha value is -1.30. The van der Waals surface area contributed by atoms with E-state index in [9.17, 15) is 9.59 Å². The molecule has 17 heavy (non-hydrogen) atoms. The van der Waals surface area contributed by atoms with Crippen LogP contribution in [0.25, 0.3) is 0 Å². The number of hydrogen-bond acceptors (Lipinski definition) is 3. The molecule has 0 aromatic heterocycles. The number of nitrogens with zero attached hydrogens (tertiary/aromatic N) is 1. The van der Waals surface area contributed by atoms with Crippen LogP contribution in [0.3, 0.4) is 0 Å². The van der Waals surface area contributed by atoms with Crippen molar-refractivity contribution < 1.29 is 19.4 Å². The molecular weight excluding hydrogens is 224 g/mol. The summed E-state index contributed by atoms with van der Waals surface area (Å²) in [7, 11) is 1.56. The molecule has 6 nitrogen and oxygen atoms in total. The van der Waals surface area contributed by atoms with Crippen molar-refractivity contribution >= 4 is 12.0 Å². The average Bonchev–Trinajstić information content (AvgIpc) is 2.17. The van der Waals surface area contributed by atoms with Gasteiger partial charge in [0.25, 0.3) is 0 Å². The van der Waals surface area contributed by atoms with Crippen molar-refractivity contribution in [3.63, 3.8) is 0 Å². The number of methoxy groups -OCH3 is 1. The molecule has 2 atom stereocenters. The first-order chi connectivity index (χ1) is 7.92. The highest BCUT2D eigenvalue weighted by molar-refractivity contribution is 5.76. The predicted octanol–water partition coefficient (Wildman–Crippen LogP) is 0.916. The quantitative estimate of drug-likeness (QED) is 0.700. The van der Waals surface area contributed by atoms with Crippen LogP contribution in [0.15, 0.2) is 0 Å². The lowest BCUT2D eigenvalue weighted by Gasteiger charge is -2.28. The van der Waals surface area contributed by atoms with Gasteiger partial charge < -0.3 is 20.1 Å². The van der Waals surface area contributed by atoms with Gasteiger partial charge in [-0.3, -0.25) is 4.79 Å². The third-order valence-electron chi connectivity index (χ3n) is 2.39. The molecule has 2 amide bonds. The third kappa shape index (κ3) is 6.11. The molecule has 2 unspecified atom stereocenters. The van der Waals surface area contributed by atoms with Crippen molar-refractivity contribution in [3.8, 4) is 0 Å². The monoisotopic (exact) mass is 246 g/mol. The van der Waals surface area contributed by atoms with Crippen molar-refractivity contribution in [1.29, 1.82) is 0 Å². The van der Waals surface area contributed by atoms with Crippen LogP contribution in [0.4, 0.5) is 4.79 Å². The Labute approximate surface area is 102 Å². The third-order valence-corrected chi connectivity index (χ3v) is 2.39. The van der Waals surface area contributed by atoms with Gasteiger partial charge in [-0.15, -0.1) is 0 Å². The Bertz CT molecular complexity index is 258. The molecule has 0 aliphatic heterocycles. The maximum Gasteiger partial charge on any atom is 0.317 e. The predicted molar refractivity (Wildman–Crippen MR) is 64.0 cm³/mol. The molecule has 6 heteroatoms. The molecule has 0 fully saturated rings. The van der Waals surface area contributed by atoms with Gasteiger partial charge >= 0.3 is 12.0 Å². The molecule has 0 saturated carbocycles. The smallest absolute Gasteiger partial charge is 0.317 e. The number of urea groups is 1. The fourth-order valence-corrected chi connectivity index (χ4v) is 1.60. The molecule has 0 bridgehead atoms. The first kappa shape index (κ1) is 15.7. The lowest BCUT2D eigenvalue weighted by molar-refractivity contribution is -0.138. The Morgan fingerprint density at radius 3 is 2.41 bits per heavy atom. The summed E-state index contributed by atoms with van der Waals surface area (Å²) in [5.41, 5.74) is 0. The summed E-state index contributed by atoms with van der Waals surface area (Å²) in [5, 5.41) is 11.5. The first-order valence-electron chi connectivity index (χ1n) is 5.70. The molecule has 100 valence electrons. The number of rotatable bonds is 7. The number of amides is 2. The second-order valence-electron chi connectivity index (χ2n) is 4.04. The van der Waals surface area contributed by atoms with Gasteiger partial charge in [0.2, 0.25) is 0 Å². The highest BCUT2D eigenvalue weighted by Gasteiger charge is 2.21. The molecule has 0 aliphatic carbocycles. The van der Waals surface area contributed by atoms with Crippen molar-refractivity contribution in [2.45, 2.75) is 39.3 Å². The van der Waals surface area contributed by atoms with E-state index in [0.717, 1.165) is 0 Å². The van der Waals surface area contributed by atoms with Gasteiger partial charge in [-0.2, -0.15) is 0 Å². The van der Waals surface area contributed by atoms with Crippen LogP contribution >= 0.6 is 0 Å². The van der Waals surface area contributed by atoms with E-state index in [4.69, 9.17) is 9.84 Å². The lowest BCUT2D eigenvalue weighted by atomic mass is 10.2. The minimum absolute atomic E-state index is 0.0556. The van der Waals surface area contributed by atoms with E-state index in [0.29, 0.717) is 13.2 Å². The highest BCUT2D eigenvalue weighted by Crippen LogP contribution is 2.04. The molecule has 0 saturated heterocycles. The van der Waals surface area contributed by atoms with Gasteiger partial charge in [0.15, 0.2) is 0 Å².